The summed E-state index contributed by atoms with van der Waals surface area (Å²) in [6, 6.07) is 7.42. The Morgan fingerprint density at radius 3 is 2.68 bits per heavy atom. The monoisotopic (exact) mass is 440 g/mol. The Morgan fingerprint density at radius 2 is 2.03 bits per heavy atom. The van der Waals surface area contributed by atoms with Crippen molar-refractivity contribution in [1.82, 2.24) is 9.97 Å². The van der Waals surface area contributed by atoms with Crippen LogP contribution in [-0.2, 0) is 17.8 Å². The second-order valence-electron chi connectivity index (χ2n) is 6.82. The molecule has 2 aromatic carbocycles. The van der Waals surface area contributed by atoms with Gasteiger partial charge in [-0.2, -0.15) is 0 Å². The summed E-state index contributed by atoms with van der Waals surface area (Å²) in [7, 11) is 3.16. The van der Waals surface area contributed by atoms with E-state index in [1.54, 1.807) is 14.2 Å². The van der Waals surface area contributed by atoms with Crippen molar-refractivity contribution < 1.29 is 14.3 Å². The summed E-state index contributed by atoms with van der Waals surface area (Å²) in [5.41, 5.74) is 3.22. The first-order valence-electron chi connectivity index (χ1n) is 9.86. The maximum absolute atomic E-state index is 12.0. The summed E-state index contributed by atoms with van der Waals surface area (Å²) in [4.78, 5) is 20.9. The van der Waals surface area contributed by atoms with E-state index in [0.29, 0.717) is 34.6 Å². The Labute approximate surface area is 186 Å². The molecule has 1 aromatic heterocycles. The molecule has 3 rings (SSSR count). The molecule has 2 N–H and O–H groups in total. The van der Waals surface area contributed by atoms with Crippen LogP contribution in [0.2, 0.25) is 5.02 Å². The molecule has 0 aliphatic heterocycles. The molecule has 0 saturated carbocycles. The van der Waals surface area contributed by atoms with Crippen LogP contribution in [0.3, 0.4) is 0 Å². The van der Waals surface area contributed by atoms with Crippen LogP contribution in [0.15, 0.2) is 43.2 Å². The number of hydrogen-bond acceptors (Lipinski definition) is 6. The third-order valence-corrected chi connectivity index (χ3v) is 5.10. The maximum Gasteiger partial charge on any atom is 0.247 e. The molecule has 1 amide bonds. The van der Waals surface area contributed by atoms with Gasteiger partial charge in [-0.1, -0.05) is 37.6 Å². The lowest BCUT2D eigenvalue weighted by molar-refractivity contribution is -0.111. The molecular weight excluding hydrogens is 416 g/mol. The Hall–Kier alpha value is -3.32. The van der Waals surface area contributed by atoms with E-state index < -0.39 is 0 Å². The molecule has 162 valence electrons. The van der Waals surface area contributed by atoms with Gasteiger partial charge >= 0.3 is 0 Å². The molecular formula is C23H25ClN4O3. The number of nitrogens with zero attached hydrogens (tertiary/aromatic N) is 2. The number of carbonyl (C=O) groups is 1. The zero-order valence-corrected chi connectivity index (χ0v) is 18.5. The molecule has 0 saturated heterocycles. The van der Waals surface area contributed by atoms with Gasteiger partial charge in [0.25, 0.3) is 0 Å². The van der Waals surface area contributed by atoms with E-state index in [4.69, 9.17) is 21.1 Å². The van der Waals surface area contributed by atoms with E-state index in [0.717, 1.165) is 34.9 Å². The summed E-state index contributed by atoms with van der Waals surface area (Å²) in [6.07, 6.45) is 4.37. The van der Waals surface area contributed by atoms with Crippen LogP contribution in [0.25, 0.3) is 10.9 Å². The summed E-state index contributed by atoms with van der Waals surface area (Å²) in [5, 5.41) is 7.50. The minimum Gasteiger partial charge on any atom is -0.495 e. The number of aromatic nitrogens is 2. The second-order valence-corrected chi connectivity index (χ2v) is 7.23. The third kappa shape index (κ3) is 4.88. The van der Waals surface area contributed by atoms with Crippen molar-refractivity contribution in [1.29, 1.82) is 0 Å². The molecule has 0 atom stereocenters. The standard InChI is InChI=1S/C23H25ClN4O3/c1-5-7-15-21-16(11-18(22(15)31-4)28-20(29)6-2)23(27-13-26-21)25-12-14-8-9-19(30-3)17(24)10-14/h6,8-11,13H,2,5,7,12H2,1,3-4H3,(H,28,29)(H,25,26,27). The van der Waals surface area contributed by atoms with E-state index in [1.807, 2.05) is 24.3 Å². The number of halogens is 1. The Morgan fingerprint density at radius 1 is 1.23 bits per heavy atom. The van der Waals surface area contributed by atoms with Crippen LogP contribution >= 0.6 is 11.6 Å². The number of fused-ring (bicyclic) bond motifs is 1. The van der Waals surface area contributed by atoms with Crippen molar-refractivity contribution in [3.8, 4) is 11.5 Å². The summed E-state index contributed by atoms with van der Waals surface area (Å²) < 4.78 is 10.8. The highest BCUT2D eigenvalue weighted by Crippen LogP contribution is 2.38. The van der Waals surface area contributed by atoms with Crippen molar-refractivity contribution in [3.63, 3.8) is 0 Å². The van der Waals surface area contributed by atoms with E-state index in [1.165, 1.54) is 12.4 Å². The van der Waals surface area contributed by atoms with Crippen LogP contribution in [0.5, 0.6) is 11.5 Å². The molecule has 3 aromatic rings. The Balaban J connectivity index is 2.04. The zero-order valence-electron chi connectivity index (χ0n) is 17.8. The average molecular weight is 441 g/mol. The van der Waals surface area contributed by atoms with Crippen LogP contribution in [-0.4, -0.2) is 30.1 Å². The minimum atomic E-state index is -0.320. The van der Waals surface area contributed by atoms with Crippen LogP contribution in [0, 0.1) is 0 Å². The molecule has 0 fully saturated rings. The van der Waals surface area contributed by atoms with Gasteiger partial charge in [0, 0.05) is 17.5 Å². The van der Waals surface area contributed by atoms with Crippen LogP contribution < -0.4 is 20.1 Å². The number of amides is 1. The van der Waals surface area contributed by atoms with Crippen molar-refractivity contribution in [3.05, 3.63) is 59.4 Å². The number of ether oxygens (including phenoxy) is 2. The SMILES string of the molecule is C=CC(=O)Nc1cc2c(NCc3ccc(OC)c(Cl)c3)ncnc2c(CCC)c1OC. The van der Waals surface area contributed by atoms with Crippen molar-refractivity contribution >= 4 is 39.9 Å². The predicted molar refractivity (Wildman–Crippen MR) is 124 cm³/mol. The Kier molecular flexibility index (Phi) is 7.31. The van der Waals surface area contributed by atoms with Gasteiger partial charge in [-0.25, -0.2) is 9.97 Å². The lowest BCUT2D eigenvalue weighted by atomic mass is 10.0. The molecule has 0 radical (unpaired) electrons. The molecule has 31 heavy (non-hydrogen) atoms. The highest BCUT2D eigenvalue weighted by Gasteiger charge is 2.18. The van der Waals surface area contributed by atoms with Gasteiger partial charge in [0.2, 0.25) is 5.91 Å². The number of benzene rings is 2. The quantitative estimate of drug-likeness (QED) is 0.456. The number of anilines is 2. The Bertz CT molecular complexity index is 1120. The number of nitrogens with one attached hydrogen (secondary N) is 2. The number of methoxy groups -OCH3 is 2. The fraction of sp³-hybridized carbons (Fsp3) is 0.261. The highest BCUT2D eigenvalue weighted by molar-refractivity contribution is 6.32. The van der Waals surface area contributed by atoms with E-state index >= 15 is 0 Å². The lowest BCUT2D eigenvalue weighted by Gasteiger charge is -2.18. The molecule has 0 aliphatic carbocycles. The third-order valence-electron chi connectivity index (χ3n) is 4.80. The van der Waals surface area contributed by atoms with Crippen LogP contribution in [0.4, 0.5) is 11.5 Å². The molecule has 0 unspecified atom stereocenters. The molecule has 0 aliphatic rings. The van der Waals surface area contributed by atoms with Gasteiger partial charge in [0.05, 0.1) is 30.4 Å². The fourth-order valence-corrected chi connectivity index (χ4v) is 3.67. The number of aryl methyl sites for hydroxylation is 1. The average Bonchev–Trinajstić information content (AvgIpc) is 2.78. The van der Waals surface area contributed by atoms with Crippen LogP contribution in [0.1, 0.15) is 24.5 Å². The first kappa shape index (κ1) is 22.4. The van der Waals surface area contributed by atoms with E-state index in [2.05, 4.69) is 34.1 Å². The molecule has 7 nitrogen and oxygen atoms in total. The largest absolute Gasteiger partial charge is 0.495 e. The second kappa shape index (κ2) is 10.1. The van der Waals surface area contributed by atoms with Gasteiger partial charge in [0.15, 0.2) is 0 Å². The number of rotatable bonds is 9. The maximum atomic E-state index is 12.0. The predicted octanol–water partition coefficient (Wildman–Crippen LogP) is 4.99. The fourth-order valence-electron chi connectivity index (χ4n) is 3.39. The molecule has 8 heteroatoms. The highest BCUT2D eigenvalue weighted by atomic mass is 35.5. The molecule has 0 spiro atoms. The topological polar surface area (TPSA) is 85.4 Å². The van der Waals surface area contributed by atoms with Gasteiger partial charge in [-0.05, 0) is 36.3 Å². The first-order valence-corrected chi connectivity index (χ1v) is 10.2. The van der Waals surface area contributed by atoms with E-state index in [9.17, 15) is 4.79 Å². The van der Waals surface area contributed by atoms with Gasteiger partial charge in [0.1, 0.15) is 23.6 Å². The van der Waals surface area contributed by atoms with Gasteiger partial charge in [-0.15, -0.1) is 0 Å². The number of carbonyl (C=O) groups excluding carboxylic acids is 1. The van der Waals surface area contributed by atoms with Gasteiger partial charge < -0.3 is 20.1 Å². The minimum absolute atomic E-state index is 0.320. The summed E-state index contributed by atoms with van der Waals surface area (Å²) in [6.45, 7) is 6.10. The van der Waals surface area contributed by atoms with Gasteiger partial charge in [-0.3, -0.25) is 4.79 Å². The smallest absolute Gasteiger partial charge is 0.247 e. The summed E-state index contributed by atoms with van der Waals surface area (Å²) in [5.74, 6) is 1.54. The zero-order chi connectivity index (χ0) is 22.4. The van der Waals surface area contributed by atoms with Crippen molar-refractivity contribution in [2.24, 2.45) is 0 Å². The summed E-state index contributed by atoms with van der Waals surface area (Å²) >= 11 is 6.24. The van der Waals surface area contributed by atoms with E-state index in [-0.39, 0.29) is 5.91 Å². The number of hydrogen-bond donors (Lipinski definition) is 2. The van der Waals surface area contributed by atoms with Crippen molar-refractivity contribution in [2.45, 2.75) is 26.3 Å². The lowest BCUT2D eigenvalue weighted by Crippen LogP contribution is -2.11. The molecule has 0 bridgehead atoms. The normalized spacial score (nSPS) is 10.6. The first-order chi connectivity index (χ1) is 15.0. The van der Waals surface area contributed by atoms with Crippen molar-refractivity contribution in [2.75, 3.05) is 24.9 Å². The molecule has 1 heterocycles.